The average molecular weight is 390 g/mol. The molecule has 0 N–H and O–H groups in total. The van der Waals surface area contributed by atoms with Crippen molar-refractivity contribution in [2.45, 2.75) is 35.1 Å². The van der Waals surface area contributed by atoms with E-state index >= 15 is 0 Å². The van der Waals surface area contributed by atoms with Gasteiger partial charge < -0.3 is 9.47 Å². The van der Waals surface area contributed by atoms with Crippen LogP contribution in [0.1, 0.15) is 29.2 Å². The maximum Gasteiger partial charge on any atom is 0.264 e. The predicted molar refractivity (Wildman–Crippen MR) is 94.9 cm³/mol. The number of thioether (sulfide) groups is 1. The summed E-state index contributed by atoms with van der Waals surface area (Å²) >= 11 is 1.39. The summed E-state index contributed by atoms with van der Waals surface area (Å²) < 4.78 is 26.9. The second-order valence-electron chi connectivity index (χ2n) is 6.97. The summed E-state index contributed by atoms with van der Waals surface area (Å²) in [4.78, 5) is 19.3. The fourth-order valence-electron chi connectivity index (χ4n) is 4.14. The number of carbonyl (C=O) groups is 1. The molecule has 2 atom stereocenters. The number of hydrogen-bond acceptors (Lipinski definition) is 7. The minimum absolute atomic E-state index is 0.115. The highest BCUT2D eigenvalue weighted by Crippen LogP contribution is 2.43. The molecule has 2 saturated heterocycles. The van der Waals surface area contributed by atoms with Crippen LogP contribution in [0.5, 0.6) is 0 Å². The lowest BCUT2D eigenvalue weighted by Crippen LogP contribution is -2.49. The minimum Gasteiger partial charge on any atom is -0.347 e. The number of piperidine rings is 1. The largest absolute Gasteiger partial charge is 0.347 e. The Morgan fingerprint density at radius 3 is 2.74 bits per heavy atom. The number of rotatable bonds is 3. The summed E-state index contributed by atoms with van der Waals surface area (Å²) in [6.45, 7) is 2.66. The van der Waals surface area contributed by atoms with Gasteiger partial charge in [0.05, 0.1) is 19.3 Å². The van der Waals surface area contributed by atoms with Crippen LogP contribution in [0.25, 0.3) is 0 Å². The molecule has 7 nitrogen and oxygen atoms in total. The van der Waals surface area contributed by atoms with E-state index in [2.05, 4.69) is 15.0 Å². The summed E-state index contributed by atoms with van der Waals surface area (Å²) in [5.41, 5.74) is 0.788. The smallest absolute Gasteiger partial charge is 0.264 e. The number of halogens is 1. The molecule has 0 amide bonds. The molecule has 4 heterocycles. The van der Waals surface area contributed by atoms with Gasteiger partial charge in [-0.1, -0.05) is 23.9 Å². The van der Waals surface area contributed by atoms with Gasteiger partial charge in [0.15, 0.2) is 10.9 Å². The zero-order valence-corrected chi connectivity index (χ0v) is 15.4. The Balaban J connectivity index is 1.45. The summed E-state index contributed by atoms with van der Waals surface area (Å²) in [5.74, 6) is -0.917. The van der Waals surface area contributed by atoms with Gasteiger partial charge in [-0.15, -0.1) is 0 Å². The van der Waals surface area contributed by atoms with Crippen molar-refractivity contribution in [2.24, 2.45) is 0 Å². The van der Waals surface area contributed by atoms with E-state index in [1.165, 1.54) is 34.9 Å². The van der Waals surface area contributed by atoms with E-state index in [9.17, 15) is 9.18 Å². The van der Waals surface area contributed by atoms with Crippen LogP contribution in [0.3, 0.4) is 0 Å². The number of benzene rings is 1. The predicted octanol–water partition coefficient (Wildman–Crippen LogP) is 2.11. The first kappa shape index (κ1) is 17.3. The Bertz CT molecular complexity index is 860. The maximum absolute atomic E-state index is 13.9. The molecule has 3 aliphatic heterocycles. The first-order valence-corrected chi connectivity index (χ1v) is 9.92. The summed E-state index contributed by atoms with van der Waals surface area (Å²) in [7, 11) is 0. The van der Waals surface area contributed by atoms with Gasteiger partial charge in [0, 0.05) is 25.9 Å². The van der Waals surface area contributed by atoms with Gasteiger partial charge in [-0.3, -0.25) is 9.69 Å². The van der Waals surface area contributed by atoms with Crippen LogP contribution in [-0.2, 0) is 9.47 Å². The van der Waals surface area contributed by atoms with Crippen LogP contribution < -0.4 is 0 Å². The Hall–Kier alpha value is -1.81. The lowest BCUT2D eigenvalue weighted by atomic mass is 9.95. The standard InChI is InChI=1S/C18H19FN4O3S/c19-13-3-1-2-12(10-13)14(15-16(24)23-17(27-15)20-11-21-23)22-6-4-18(5-7-22)25-8-9-26-18/h1-3,10-11,14-15H,4-9H2. The SMILES string of the molecule is O=C1C(C(c2cccc(F)c2)N2CCC3(CC2)OCCO3)Sc2ncnn21. The van der Waals surface area contributed by atoms with E-state index < -0.39 is 11.0 Å². The summed E-state index contributed by atoms with van der Waals surface area (Å²) in [5, 5.41) is 4.20. The van der Waals surface area contributed by atoms with Crippen LogP contribution in [-0.4, -0.2) is 62.9 Å². The van der Waals surface area contributed by atoms with E-state index in [-0.39, 0.29) is 17.8 Å². The van der Waals surface area contributed by atoms with E-state index in [0.717, 1.165) is 18.4 Å². The van der Waals surface area contributed by atoms with Crippen LogP contribution >= 0.6 is 11.8 Å². The van der Waals surface area contributed by atoms with Crippen LogP contribution in [0.15, 0.2) is 35.7 Å². The van der Waals surface area contributed by atoms with Crippen molar-refractivity contribution < 1.29 is 18.7 Å². The molecule has 1 aromatic heterocycles. The quantitative estimate of drug-likeness (QED) is 0.795. The molecular formula is C18H19FN4O3S. The van der Waals surface area contributed by atoms with Crippen LogP contribution in [0, 0.1) is 5.82 Å². The molecule has 5 rings (SSSR count). The van der Waals surface area contributed by atoms with Gasteiger partial charge in [0.25, 0.3) is 5.91 Å². The fourth-order valence-corrected chi connectivity index (χ4v) is 5.37. The monoisotopic (exact) mass is 390 g/mol. The normalized spacial score (nSPS) is 25.8. The van der Waals surface area contributed by atoms with Gasteiger partial charge in [-0.25, -0.2) is 9.37 Å². The molecule has 0 bridgehead atoms. The first-order valence-electron chi connectivity index (χ1n) is 9.04. The third kappa shape index (κ3) is 2.98. The number of likely N-dealkylation sites (tertiary alicyclic amines) is 1. The van der Waals surface area contributed by atoms with Gasteiger partial charge in [-0.05, 0) is 17.7 Å². The molecule has 0 aliphatic carbocycles. The van der Waals surface area contributed by atoms with Gasteiger partial charge >= 0.3 is 0 Å². The summed E-state index contributed by atoms with van der Waals surface area (Å²) in [6, 6.07) is 6.23. The van der Waals surface area contributed by atoms with Gasteiger partial charge in [-0.2, -0.15) is 9.78 Å². The molecule has 1 aromatic carbocycles. The zero-order chi connectivity index (χ0) is 18.4. The number of nitrogens with zero attached hydrogens (tertiary/aromatic N) is 4. The molecule has 2 unspecified atom stereocenters. The highest BCUT2D eigenvalue weighted by atomic mass is 32.2. The number of fused-ring (bicyclic) bond motifs is 1. The third-order valence-corrected chi connectivity index (χ3v) is 6.65. The van der Waals surface area contributed by atoms with Crippen LogP contribution in [0.2, 0.25) is 0 Å². The molecule has 3 aliphatic rings. The Kier molecular flexibility index (Phi) is 4.27. The molecule has 27 heavy (non-hydrogen) atoms. The number of ether oxygens (including phenoxy) is 2. The maximum atomic E-state index is 13.9. The molecule has 2 fully saturated rings. The van der Waals surface area contributed by atoms with E-state index in [1.807, 2.05) is 6.07 Å². The lowest BCUT2D eigenvalue weighted by molar-refractivity contribution is -0.187. The van der Waals surface area contributed by atoms with Crippen molar-refractivity contribution in [3.05, 3.63) is 42.0 Å². The van der Waals surface area contributed by atoms with Crippen molar-refractivity contribution in [2.75, 3.05) is 26.3 Å². The highest BCUT2D eigenvalue weighted by Gasteiger charge is 2.46. The van der Waals surface area contributed by atoms with Crippen LogP contribution in [0.4, 0.5) is 4.39 Å². The van der Waals surface area contributed by atoms with Gasteiger partial charge in [0.2, 0.25) is 0 Å². The molecule has 1 spiro atoms. The zero-order valence-electron chi connectivity index (χ0n) is 14.6. The number of carbonyl (C=O) groups excluding carboxylic acids is 1. The molecule has 0 radical (unpaired) electrons. The first-order chi connectivity index (χ1) is 13.2. The third-order valence-electron chi connectivity index (χ3n) is 5.44. The number of hydrogen-bond donors (Lipinski definition) is 0. The number of aromatic nitrogens is 3. The van der Waals surface area contributed by atoms with Crippen molar-refractivity contribution in [3.63, 3.8) is 0 Å². The Morgan fingerprint density at radius 2 is 2.04 bits per heavy atom. The van der Waals surface area contributed by atoms with Crippen molar-refractivity contribution in [1.29, 1.82) is 0 Å². The second-order valence-corrected chi connectivity index (χ2v) is 8.08. The second kappa shape index (κ2) is 6.66. The molecule has 0 saturated carbocycles. The van der Waals surface area contributed by atoms with Crippen molar-refractivity contribution in [1.82, 2.24) is 19.7 Å². The van der Waals surface area contributed by atoms with E-state index in [0.29, 0.717) is 31.5 Å². The van der Waals surface area contributed by atoms with E-state index in [1.54, 1.807) is 6.07 Å². The lowest BCUT2D eigenvalue weighted by Gasteiger charge is -2.42. The Morgan fingerprint density at radius 1 is 1.26 bits per heavy atom. The molecule has 142 valence electrons. The van der Waals surface area contributed by atoms with Crippen molar-refractivity contribution >= 4 is 17.7 Å². The molecular weight excluding hydrogens is 371 g/mol. The Labute approximate surface area is 159 Å². The minimum atomic E-state index is -0.496. The van der Waals surface area contributed by atoms with Gasteiger partial charge in [0.1, 0.15) is 17.4 Å². The van der Waals surface area contributed by atoms with E-state index in [4.69, 9.17) is 9.47 Å². The summed E-state index contributed by atoms with van der Waals surface area (Å²) in [6.07, 6.45) is 2.84. The molecule has 2 aromatic rings. The highest BCUT2D eigenvalue weighted by molar-refractivity contribution is 8.00. The fraction of sp³-hybridized carbons (Fsp3) is 0.500. The average Bonchev–Trinajstić information content (AvgIpc) is 3.37. The van der Waals surface area contributed by atoms with Crippen molar-refractivity contribution in [3.8, 4) is 0 Å². The topological polar surface area (TPSA) is 69.5 Å². The molecule has 9 heteroatoms.